The highest BCUT2D eigenvalue weighted by atomic mass is 16.5. The largest absolute Gasteiger partial charge is 0.465 e. The Balaban J connectivity index is 2.48. The van der Waals surface area contributed by atoms with Crippen LogP contribution in [0.4, 0.5) is 0 Å². The number of ether oxygens (including phenoxy) is 1. The topological polar surface area (TPSA) is 43.6 Å². The Kier molecular flexibility index (Phi) is 3.65. The van der Waals surface area contributed by atoms with Gasteiger partial charge in [0.05, 0.1) is 12.5 Å². The predicted molar refractivity (Wildman–Crippen MR) is 69.4 cm³/mol. The van der Waals surface area contributed by atoms with E-state index in [1.165, 1.54) is 0 Å². The zero-order valence-corrected chi connectivity index (χ0v) is 11.0. The number of hydrogen-bond acceptors (Lipinski definition) is 3. The summed E-state index contributed by atoms with van der Waals surface area (Å²) in [4.78, 5) is 16.3. The Bertz CT molecular complexity index is 545. The van der Waals surface area contributed by atoms with Gasteiger partial charge in [-0.1, -0.05) is 19.9 Å². The van der Waals surface area contributed by atoms with Gasteiger partial charge in [-0.3, -0.25) is 4.79 Å². The second kappa shape index (κ2) is 5.21. The number of hydrogen-bond donors (Lipinski definition) is 0. The summed E-state index contributed by atoms with van der Waals surface area (Å²) in [5.41, 5.74) is 1.78. The molecule has 0 aliphatic carbocycles. The number of rotatable bonds is 4. The van der Waals surface area contributed by atoms with Gasteiger partial charge in [0, 0.05) is 18.1 Å². The molecule has 18 heavy (non-hydrogen) atoms. The number of esters is 1. The van der Waals surface area contributed by atoms with Crippen LogP contribution in [0.15, 0.2) is 30.6 Å². The minimum absolute atomic E-state index is 0.172. The molecule has 2 aromatic rings. The highest BCUT2D eigenvalue weighted by molar-refractivity contribution is 5.78. The van der Waals surface area contributed by atoms with Gasteiger partial charge in [-0.25, -0.2) is 4.98 Å². The molecule has 0 N–H and O–H groups in total. The first-order valence-electron chi connectivity index (χ1n) is 6.23. The van der Waals surface area contributed by atoms with Crippen molar-refractivity contribution in [2.24, 2.45) is 5.92 Å². The summed E-state index contributed by atoms with van der Waals surface area (Å²) >= 11 is 0. The minimum Gasteiger partial charge on any atom is -0.465 e. The molecule has 0 radical (unpaired) electrons. The molecule has 2 heterocycles. The van der Waals surface area contributed by atoms with Crippen LogP contribution in [0.2, 0.25) is 0 Å². The van der Waals surface area contributed by atoms with Crippen LogP contribution in [0, 0.1) is 5.92 Å². The lowest BCUT2D eigenvalue weighted by atomic mass is 9.92. The number of nitrogens with zero attached hydrogens (tertiary/aromatic N) is 2. The third-order valence-electron chi connectivity index (χ3n) is 2.99. The third-order valence-corrected chi connectivity index (χ3v) is 2.99. The van der Waals surface area contributed by atoms with Crippen LogP contribution in [0.3, 0.4) is 0 Å². The van der Waals surface area contributed by atoms with Gasteiger partial charge < -0.3 is 9.14 Å². The summed E-state index contributed by atoms with van der Waals surface area (Å²) in [6, 6.07) is 5.80. The average molecular weight is 246 g/mol. The van der Waals surface area contributed by atoms with E-state index >= 15 is 0 Å². The fourth-order valence-electron chi connectivity index (χ4n) is 2.19. The van der Waals surface area contributed by atoms with Crippen molar-refractivity contribution < 1.29 is 9.53 Å². The van der Waals surface area contributed by atoms with Gasteiger partial charge >= 0.3 is 5.97 Å². The van der Waals surface area contributed by atoms with Crippen molar-refractivity contribution in [3.05, 3.63) is 36.3 Å². The zero-order chi connectivity index (χ0) is 13.1. The van der Waals surface area contributed by atoms with Crippen molar-refractivity contribution in [3.8, 4) is 0 Å². The first-order valence-corrected chi connectivity index (χ1v) is 6.23. The Morgan fingerprint density at radius 3 is 2.89 bits per heavy atom. The third kappa shape index (κ3) is 2.23. The number of imidazole rings is 1. The first kappa shape index (κ1) is 12.6. The van der Waals surface area contributed by atoms with E-state index in [0.29, 0.717) is 6.61 Å². The molecule has 0 aliphatic rings. The van der Waals surface area contributed by atoms with E-state index in [9.17, 15) is 4.79 Å². The molecule has 2 aromatic heterocycles. The lowest BCUT2D eigenvalue weighted by Crippen LogP contribution is -2.23. The summed E-state index contributed by atoms with van der Waals surface area (Å²) in [6.45, 7) is 6.28. The van der Waals surface area contributed by atoms with Crippen molar-refractivity contribution >= 4 is 11.6 Å². The molecule has 0 aliphatic heterocycles. The van der Waals surface area contributed by atoms with Crippen LogP contribution in [0.1, 0.15) is 32.4 Å². The Labute approximate surface area is 107 Å². The van der Waals surface area contributed by atoms with Crippen LogP contribution in [-0.2, 0) is 9.53 Å². The summed E-state index contributed by atoms with van der Waals surface area (Å²) in [6.07, 6.45) is 3.61. The summed E-state index contributed by atoms with van der Waals surface area (Å²) in [5.74, 6) is -0.256. The van der Waals surface area contributed by atoms with Crippen LogP contribution in [0.25, 0.3) is 5.65 Å². The Hall–Kier alpha value is -1.84. The van der Waals surface area contributed by atoms with Crippen molar-refractivity contribution in [1.29, 1.82) is 0 Å². The molecule has 0 spiro atoms. The highest BCUT2D eigenvalue weighted by Gasteiger charge is 2.27. The molecular formula is C14H18N2O2. The van der Waals surface area contributed by atoms with Gasteiger partial charge in [0.25, 0.3) is 0 Å². The monoisotopic (exact) mass is 246 g/mol. The molecule has 0 saturated carbocycles. The molecule has 1 unspecified atom stereocenters. The quantitative estimate of drug-likeness (QED) is 0.779. The molecule has 4 nitrogen and oxygen atoms in total. The first-order chi connectivity index (χ1) is 8.65. The van der Waals surface area contributed by atoms with E-state index in [0.717, 1.165) is 11.3 Å². The van der Waals surface area contributed by atoms with Crippen LogP contribution >= 0.6 is 0 Å². The molecule has 0 fully saturated rings. The molecule has 2 rings (SSSR count). The van der Waals surface area contributed by atoms with E-state index in [1.54, 1.807) is 6.20 Å². The zero-order valence-electron chi connectivity index (χ0n) is 11.0. The molecule has 0 amide bonds. The van der Waals surface area contributed by atoms with Gasteiger partial charge in [-0.05, 0) is 25.0 Å². The van der Waals surface area contributed by atoms with Crippen LogP contribution in [0.5, 0.6) is 0 Å². The van der Waals surface area contributed by atoms with Gasteiger partial charge in [-0.15, -0.1) is 0 Å². The maximum Gasteiger partial charge on any atom is 0.315 e. The smallest absolute Gasteiger partial charge is 0.315 e. The number of carbonyl (C=O) groups excluding carboxylic acids is 1. The Morgan fingerprint density at radius 1 is 1.44 bits per heavy atom. The normalized spacial score (nSPS) is 12.9. The SMILES string of the molecule is CCOC(=O)C(c1cccc2nccn12)C(C)C. The van der Waals surface area contributed by atoms with E-state index in [-0.39, 0.29) is 17.8 Å². The fourth-order valence-corrected chi connectivity index (χ4v) is 2.19. The van der Waals surface area contributed by atoms with Gasteiger partial charge in [-0.2, -0.15) is 0 Å². The van der Waals surface area contributed by atoms with E-state index in [4.69, 9.17) is 4.74 Å². The number of aromatic nitrogens is 2. The average Bonchev–Trinajstić information content (AvgIpc) is 2.78. The minimum atomic E-state index is -0.261. The van der Waals surface area contributed by atoms with Crippen molar-refractivity contribution in [3.63, 3.8) is 0 Å². The van der Waals surface area contributed by atoms with Gasteiger partial charge in [0.1, 0.15) is 5.65 Å². The molecule has 4 heteroatoms. The second-order valence-corrected chi connectivity index (χ2v) is 4.58. The molecule has 1 atom stereocenters. The standard InChI is InChI=1S/C14H18N2O2/c1-4-18-14(17)13(10(2)3)11-6-5-7-12-15-8-9-16(11)12/h5-10,13H,4H2,1-3H3. The lowest BCUT2D eigenvalue weighted by molar-refractivity contribution is -0.146. The summed E-state index contributed by atoms with van der Waals surface area (Å²) in [5, 5.41) is 0. The van der Waals surface area contributed by atoms with Crippen molar-refractivity contribution in [2.75, 3.05) is 6.61 Å². The van der Waals surface area contributed by atoms with Gasteiger partial charge in [0.2, 0.25) is 0 Å². The summed E-state index contributed by atoms with van der Waals surface area (Å²) in [7, 11) is 0. The summed E-state index contributed by atoms with van der Waals surface area (Å²) < 4.78 is 7.12. The van der Waals surface area contributed by atoms with Gasteiger partial charge in [0.15, 0.2) is 0 Å². The van der Waals surface area contributed by atoms with E-state index < -0.39 is 0 Å². The molecule has 0 aromatic carbocycles. The van der Waals surface area contributed by atoms with Crippen LogP contribution < -0.4 is 0 Å². The molecular weight excluding hydrogens is 228 g/mol. The maximum atomic E-state index is 12.1. The second-order valence-electron chi connectivity index (χ2n) is 4.58. The van der Waals surface area contributed by atoms with E-state index in [2.05, 4.69) is 4.98 Å². The molecule has 96 valence electrons. The number of carbonyl (C=O) groups is 1. The molecule has 0 saturated heterocycles. The fraction of sp³-hybridized carbons (Fsp3) is 0.429. The lowest BCUT2D eigenvalue weighted by Gasteiger charge is -2.20. The van der Waals surface area contributed by atoms with Crippen molar-refractivity contribution in [2.45, 2.75) is 26.7 Å². The molecule has 0 bridgehead atoms. The van der Waals surface area contributed by atoms with Crippen LogP contribution in [-0.4, -0.2) is 22.0 Å². The van der Waals surface area contributed by atoms with E-state index in [1.807, 2.05) is 49.6 Å². The number of pyridine rings is 1. The van der Waals surface area contributed by atoms with Crippen molar-refractivity contribution in [1.82, 2.24) is 9.38 Å². The predicted octanol–water partition coefficient (Wildman–Crippen LogP) is 2.64. The number of fused-ring (bicyclic) bond motifs is 1. The maximum absolute atomic E-state index is 12.1. The Morgan fingerprint density at radius 2 is 2.22 bits per heavy atom. The highest BCUT2D eigenvalue weighted by Crippen LogP contribution is 2.26.